The standard InChI is InChI=1S/C19H23FN4O5/c1-5-27-17(25)24-15-14(8-9-22-16(15)21)28-11-6-7-13(12(20)10-11)23-18(26)29-19(2,3)4/h6-10H,5H2,1-4H3,(H2,21,22)(H,23,26)(H,24,25). The van der Waals surface area contributed by atoms with Crippen molar-refractivity contribution in [1.82, 2.24) is 4.98 Å². The van der Waals surface area contributed by atoms with Gasteiger partial charge in [0.2, 0.25) is 0 Å². The van der Waals surface area contributed by atoms with Gasteiger partial charge in [0, 0.05) is 18.3 Å². The first-order chi connectivity index (χ1) is 13.6. The zero-order valence-electron chi connectivity index (χ0n) is 16.5. The van der Waals surface area contributed by atoms with Crippen molar-refractivity contribution in [2.75, 3.05) is 23.0 Å². The largest absolute Gasteiger partial charge is 0.455 e. The molecule has 0 saturated carbocycles. The van der Waals surface area contributed by atoms with Crippen LogP contribution in [0.1, 0.15) is 27.7 Å². The van der Waals surface area contributed by atoms with Gasteiger partial charge in [-0.3, -0.25) is 10.6 Å². The maximum Gasteiger partial charge on any atom is 0.412 e. The van der Waals surface area contributed by atoms with E-state index in [-0.39, 0.29) is 35.3 Å². The highest BCUT2D eigenvalue weighted by molar-refractivity contribution is 5.90. The number of carbonyl (C=O) groups is 2. The summed E-state index contributed by atoms with van der Waals surface area (Å²) in [4.78, 5) is 27.4. The molecule has 0 saturated heterocycles. The Bertz CT molecular complexity index is 899. The van der Waals surface area contributed by atoms with Crippen molar-refractivity contribution in [1.29, 1.82) is 0 Å². The lowest BCUT2D eigenvalue weighted by atomic mass is 10.2. The van der Waals surface area contributed by atoms with E-state index in [0.29, 0.717) is 0 Å². The minimum absolute atomic E-state index is 0.000706. The number of pyridine rings is 1. The van der Waals surface area contributed by atoms with Crippen LogP contribution in [-0.4, -0.2) is 29.4 Å². The van der Waals surface area contributed by atoms with Gasteiger partial charge in [-0.15, -0.1) is 0 Å². The van der Waals surface area contributed by atoms with Crippen LogP contribution < -0.4 is 21.1 Å². The van der Waals surface area contributed by atoms with E-state index in [9.17, 15) is 14.0 Å². The summed E-state index contributed by atoms with van der Waals surface area (Å²) in [5, 5.41) is 4.76. The van der Waals surface area contributed by atoms with Gasteiger partial charge in [0.15, 0.2) is 17.4 Å². The van der Waals surface area contributed by atoms with Crippen LogP contribution in [-0.2, 0) is 9.47 Å². The molecule has 0 aliphatic carbocycles. The van der Waals surface area contributed by atoms with Crippen molar-refractivity contribution >= 4 is 29.4 Å². The van der Waals surface area contributed by atoms with Gasteiger partial charge in [0.1, 0.15) is 17.0 Å². The second kappa shape index (κ2) is 9.09. The number of carbonyl (C=O) groups excluding carboxylic acids is 2. The molecular weight excluding hydrogens is 383 g/mol. The highest BCUT2D eigenvalue weighted by Gasteiger charge is 2.18. The molecule has 156 valence electrons. The van der Waals surface area contributed by atoms with Crippen LogP contribution in [0.15, 0.2) is 30.5 Å². The van der Waals surface area contributed by atoms with E-state index >= 15 is 0 Å². The summed E-state index contributed by atoms with van der Waals surface area (Å²) < 4.78 is 29.9. The van der Waals surface area contributed by atoms with E-state index in [1.54, 1.807) is 27.7 Å². The monoisotopic (exact) mass is 406 g/mol. The quantitative estimate of drug-likeness (QED) is 0.667. The van der Waals surface area contributed by atoms with Gasteiger partial charge < -0.3 is 19.9 Å². The molecule has 0 unspecified atom stereocenters. The summed E-state index contributed by atoms with van der Waals surface area (Å²) in [7, 11) is 0. The zero-order chi connectivity index (χ0) is 21.6. The van der Waals surface area contributed by atoms with Gasteiger partial charge in [-0.2, -0.15) is 0 Å². The molecule has 0 bridgehead atoms. The predicted molar refractivity (Wildman–Crippen MR) is 106 cm³/mol. The number of aromatic nitrogens is 1. The van der Waals surface area contributed by atoms with Crippen molar-refractivity contribution in [3.05, 3.63) is 36.3 Å². The van der Waals surface area contributed by atoms with Gasteiger partial charge in [-0.05, 0) is 39.8 Å². The first-order valence-corrected chi connectivity index (χ1v) is 8.74. The lowest BCUT2D eigenvalue weighted by molar-refractivity contribution is 0.0635. The Balaban J connectivity index is 2.17. The van der Waals surface area contributed by atoms with Crippen LogP contribution in [0.3, 0.4) is 0 Å². The minimum Gasteiger partial charge on any atom is -0.455 e. The number of amides is 2. The van der Waals surface area contributed by atoms with E-state index in [1.807, 2.05) is 0 Å². The number of nitrogen functional groups attached to an aromatic ring is 1. The molecule has 1 aromatic carbocycles. The summed E-state index contributed by atoms with van der Waals surface area (Å²) in [5.74, 6) is -0.498. The molecule has 0 fully saturated rings. The second-order valence-electron chi connectivity index (χ2n) is 6.79. The number of nitrogens with one attached hydrogen (secondary N) is 2. The van der Waals surface area contributed by atoms with E-state index in [1.165, 1.54) is 24.4 Å². The number of hydrogen-bond acceptors (Lipinski definition) is 7. The number of nitrogens with two attached hydrogens (primary N) is 1. The normalized spacial score (nSPS) is 10.8. The molecule has 0 spiro atoms. The Labute approximate surface area is 167 Å². The Morgan fingerprint density at radius 3 is 2.52 bits per heavy atom. The molecule has 2 rings (SSSR count). The molecule has 29 heavy (non-hydrogen) atoms. The Kier molecular flexibility index (Phi) is 6.81. The molecule has 1 heterocycles. The molecule has 0 aliphatic rings. The average Bonchev–Trinajstić information content (AvgIpc) is 2.59. The molecule has 2 amide bonds. The number of nitrogens with zero attached hydrogens (tertiary/aromatic N) is 1. The summed E-state index contributed by atoms with van der Waals surface area (Å²) >= 11 is 0. The number of anilines is 3. The summed E-state index contributed by atoms with van der Waals surface area (Å²) in [6.07, 6.45) is -0.150. The van der Waals surface area contributed by atoms with Crippen LogP contribution in [0.25, 0.3) is 0 Å². The maximum absolute atomic E-state index is 14.4. The Hall–Kier alpha value is -3.56. The first-order valence-electron chi connectivity index (χ1n) is 8.74. The van der Waals surface area contributed by atoms with E-state index in [4.69, 9.17) is 19.9 Å². The molecule has 10 heteroatoms. The van der Waals surface area contributed by atoms with Crippen molar-refractivity contribution in [3.63, 3.8) is 0 Å². The van der Waals surface area contributed by atoms with Crippen LogP contribution in [0.5, 0.6) is 11.5 Å². The van der Waals surface area contributed by atoms with Crippen molar-refractivity contribution in [2.24, 2.45) is 0 Å². The Morgan fingerprint density at radius 2 is 1.90 bits per heavy atom. The van der Waals surface area contributed by atoms with Crippen LogP contribution in [0.2, 0.25) is 0 Å². The molecule has 2 aromatic rings. The van der Waals surface area contributed by atoms with Gasteiger partial charge in [-0.25, -0.2) is 19.0 Å². The maximum atomic E-state index is 14.4. The number of hydrogen-bond donors (Lipinski definition) is 3. The molecular formula is C19H23FN4O5. The first kappa shape index (κ1) is 21.7. The van der Waals surface area contributed by atoms with Crippen molar-refractivity contribution in [3.8, 4) is 11.5 Å². The SMILES string of the molecule is CCOC(=O)Nc1c(Oc2ccc(NC(=O)OC(C)(C)C)c(F)c2)ccnc1N. The van der Waals surface area contributed by atoms with Gasteiger partial charge in [-0.1, -0.05) is 0 Å². The van der Waals surface area contributed by atoms with Crippen molar-refractivity contribution in [2.45, 2.75) is 33.3 Å². The molecule has 4 N–H and O–H groups in total. The fraction of sp³-hybridized carbons (Fsp3) is 0.316. The highest BCUT2D eigenvalue weighted by atomic mass is 19.1. The topological polar surface area (TPSA) is 125 Å². The Morgan fingerprint density at radius 1 is 1.17 bits per heavy atom. The van der Waals surface area contributed by atoms with E-state index < -0.39 is 23.6 Å². The summed E-state index contributed by atoms with van der Waals surface area (Å²) in [6.45, 7) is 6.91. The smallest absolute Gasteiger partial charge is 0.412 e. The number of ether oxygens (including phenoxy) is 3. The minimum atomic E-state index is -0.784. The second-order valence-corrected chi connectivity index (χ2v) is 6.79. The van der Waals surface area contributed by atoms with E-state index in [0.717, 1.165) is 6.07 Å². The summed E-state index contributed by atoms with van der Waals surface area (Å²) in [5.41, 5.74) is 5.07. The lowest BCUT2D eigenvalue weighted by Gasteiger charge is -2.20. The fourth-order valence-corrected chi connectivity index (χ4v) is 2.14. The number of benzene rings is 1. The molecule has 9 nitrogen and oxygen atoms in total. The zero-order valence-corrected chi connectivity index (χ0v) is 16.5. The molecule has 0 radical (unpaired) electrons. The van der Waals surface area contributed by atoms with Gasteiger partial charge >= 0.3 is 12.2 Å². The lowest BCUT2D eigenvalue weighted by Crippen LogP contribution is -2.27. The van der Waals surface area contributed by atoms with Gasteiger partial charge in [0.05, 0.1) is 12.3 Å². The highest BCUT2D eigenvalue weighted by Crippen LogP contribution is 2.34. The molecule has 1 aromatic heterocycles. The fourth-order valence-electron chi connectivity index (χ4n) is 2.14. The third-order valence-corrected chi connectivity index (χ3v) is 3.25. The van der Waals surface area contributed by atoms with Crippen molar-refractivity contribution < 1.29 is 28.2 Å². The number of halogens is 1. The third kappa shape index (κ3) is 6.52. The number of rotatable bonds is 5. The van der Waals surface area contributed by atoms with E-state index in [2.05, 4.69) is 15.6 Å². The predicted octanol–water partition coefficient (Wildman–Crippen LogP) is 4.51. The third-order valence-electron chi connectivity index (χ3n) is 3.25. The molecule has 0 atom stereocenters. The van der Waals surface area contributed by atoms with Crippen LogP contribution in [0.4, 0.5) is 31.2 Å². The van der Waals surface area contributed by atoms with Crippen LogP contribution >= 0.6 is 0 Å². The van der Waals surface area contributed by atoms with Crippen LogP contribution in [0, 0.1) is 5.82 Å². The average molecular weight is 406 g/mol. The summed E-state index contributed by atoms with van der Waals surface area (Å²) in [6, 6.07) is 5.26. The molecule has 0 aliphatic heterocycles. The van der Waals surface area contributed by atoms with Gasteiger partial charge in [0.25, 0.3) is 0 Å².